The number of ketones is 1. The minimum Gasteiger partial charge on any atom is -0.293 e. The minimum atomic E-state index is -0.235. The molecule has 19 heavy (non-hydrogen) atoms. The predicted molar refractivity (Wildman–Crippen MR) is 79.4 cm³/mol. The highest BCUT2D eigenvalue weighted by Gasteiger charge is 2.33. The standard InChI is InChI=1S/C16H28N2O/c1-6-8-9-10-11-16(4,7-2)15(19)14-12-18(5)17-13(14)3/h12H,6-11H2,1-5H3. The molecule has 0 amide bonds. The van der Waals surface area contributed by atoms with Crippen molar-refractivity contribution in [1.82, 2.24) is 9.78 Å². The molecule has 1 atom stereocenters. The number of carbonyl (C=O) groups excluding carboxylic acids is 1. The molecule has 3 nitrogen and oxygen atoms in total. The Balaban J connectivity index is 2.77. The molecular weight excluding hydrogens is 236 g/mol. The van der Waals surface area contributed by atoms with Crippen molar-refractivity contribution in [2.24, 2.45) is 12.5 Å². The van der Waals surface area contributed by atoms with Crippen LogP contribution in [0.1, 0.15) is 75.3 Å². The van der Waals surface area contributed by atoms with Crippen molar-refractivity contribution in [1.29, 1.82) is 0 Å². The van der Waals surface area contributed by atoms with E-state index in [1.807, 2.05) is 20.2 Å². The molecule has 0 saturated heterocycles. The topological polar surface area (TPSA) is 34.9 Å². The second kappa shape index (κ2) is 6.88. The van der Waals surface area contributed by atoms with Gasteiger partial charge < -0.3 is 0 Å². The van der Waals surface area contributed by atoms with Gasteiger partial charge in [0.1, 0.15) is 0 Å². The lowest BCUT2D eigenvalue weighted by molar-refractivity contribution is 0.0789. The van der Waals surface area contributed by atoms with Crippen molar-refractivity contribution in [2.45, 2.75) is 66.2 Å². The summed E-state index contributed by atoms with van der Waals surface area (Å²) >= 11 is 0. The van der Waals surface area contributed by atoms with Gasteiger partial charge in [0.15, 0.2) is 5.78 Å². The Labute approximate surface area is 117 Å². The third kappa shape index (κ3) is 3.92. The normalized spacial score (nSPS) is 14.4. The Morgan fingerprint density at radius 2 is 2.00 bits per heavy atom. The number of aryl methyl sites for hydroxylation is 2. The van der Waals surface area contributed by atoms with Gasteiger partial charge in [-0.1, -0.05) is 46.5 Å². The zero-order valence-electron chi connectivity index (χ0n) is 13.1. The molecule has 3 heteroatoms. The van der Waals surface area contributed by atoms with E-state index in [1.165, 1.54) is 19.3 Å². The van der Waals surface area contributed by atoms with Gasteiger partial charge in [0.2, 0.25) is 0 Å². The van der Waals surface area contributed by atoms with Crippen LogP contribution in [0.2, 0.25) is 0 Å². The summed E-state index contributed by atoms with van der Waals surface area (Å²) in [5, 5.41) is 4.29. The molecule has 0 aromatic carbocycles. The van der Waals surface area contributed by atoms with Crippen LogP contribution in [0.5, 0.6) is 0 Å². The molecule has 1 rings (SSSR count). The molecule has 0 spiro atoms. The van der Waals surface area contributed by atoms with Gasteiger partial charge in [0, 0.05) is 18.7 Å². The number of carbonyl (C=O) groups is 1. The zero-order valence-corrected chi connectivity index (χ0v) is 13.1. The van der Waals surface area contributed by atoms with Crippen LogP contribution in [0, 0.1) is 12.3 Å². The molecule has 0 aliphatic heterocycles. The van der Waals surface area contributed by atoms with Crippen LogP contribution in [-0.2, 0) is 7.05 Å². The Kier molecular flexibility index (Phi) is 5.77. The van der Waals surface area contributed by atoms with Gasteiger partial charge in [-0.15, -0.1) is 0 Å². The molecule has 1 aromatic rings. The number of unbranched alkanes of at least 4 members (excludes halogenated alkanes) is 3. The first kappa shape index (κ1) is 15.9. The minimum absolute atomic E-state index is 0.235. The first-order chi connectivity index (χ1) is 8.94. The Bertz CT molecular complexity index is 422. The number of aromatic nitrogens is 2. The molecule has 0 bridgehead atoms. The van der Waals surface area contributed by atoms with Crippen LogP contribution >= 0.6 is 0 Å². The second-order valence-electron chi connectivity index (χ2n) is 5.86. The van der Waals surface area contributed by atoms with E-state index < -0.39 is 0 Å². The van der Waals surface area contributed by atoms with E-state index in [0.29, 0.717) is 0 Å². The molecule has 1 unspecified atom stereocenters. The smallest absolute Gasteiger partial charge is 0.172 e. The van der Waals surface area contributed by atoms with Crippen molar-refractivity contribution in [3.63, 3.8) is 0 Å². The maximum atomic E-state index is 12.7. The lowest BCUT2D eigenvalue weighted by Crippen LogP contribution is -2.27. The van der Waals surface area contributed by atoms with Gasteiger partial charge in [-0.3, -0.25) is 9.48 Å². The molecule has 108 valence electrons. The summed E-state index contributed by atoms with van der Waals surface area (Å²) in [5.41, 5.74) is 1.41. The molecule has 0 N–H and O–H groups in total. The van der Waals surface area contributed by atoms with Gasteiger partial charge in [-0.25, -0.2) is 0 Å². The van der Waals surface area contributed by atoms with Crippen LogP contribution in [-0.4, -0.2) is 15.6 Å². The van der Waals surface area contributed by atoms with Crippen LogP contribution in [0.4, 0.5) is 0 Å². The number of hydrogen-bond acceptors (Lipinski definition) is 2. The lowest BCUT2D eigenvalue weighted by Gasteiger charge is -2.26. The molecule has 1 aromatic heterocycles. The fourth-order valence-electron chi connectivity index (χ4n) is 2.54. The predicted octanol–water partition coefficient (Wildman–Crippen LogP) is 4.30. The number of hydrogen-bond donors (Lipinski definition) is 0. The van der Waals surface area contributed by atoms with Crippen molar-refractivity contribution < 1.29 is 4.79 Å². The highest BCUT2D eigenvalue weighted by Crippen LogP contribution is 2.33. The van der Waals surface area contributed by atoms with Gasteiger partial charge >= 0.3 is 0 Å². The summed E-state index contributed by atoms with van der Waals surface area (Å²) in [7, 11) is 1.87. The van der Waals surface area contributed by atoms with E-state index in [4.69, 9.17) is 0 Å². The molecular formula is C16H28N2O. The maximum Gasteiger partial charge on any atom is 0.172 e. The Morgan fingerprint density at radius 1 is 1.32 bits per heavy atom. The monoisotopic (exact) mass is 264 g/mol. The van der Waals surface area contributed by atoms with Crippen LogP contribution in [0.3, 0.4) is 0 Å². The molecule has 0 saturated carbocycles. The van der Waals surface area contributed by atoms with Crippen molar-refractivity contribution >= 4 is 5.78 Å². The number of rotatable bonds is 8. The van der Waals surface area contributed by atoms with Crippen LogP contribution < -0.4 is 0 Å². The summed E-state index contributed by atoms with van der Waals surface area (Å²) in [6.07, 6.45) is 8.60. The summed E-state index contributed by atoms with van der Waals surface area (Å²) in [6.45, 7) is 8.35. The lowest BCUT2D eigenvalue weighted by atomic mass is 9.76. The van der Waals surface area contributed by atoms with E-state index in [0.717, 1.165) is 30.5 Å². The largest absolute Gasteiger partial charge is 0.293 e. The van der Waals surface area contributed by atoms with Crippen molar-refractivity contribution in [3.8, 4) is 0 Å². The fourth-order valence-corrected chi connectivity index (χ4v) is 2.54. The molecule has 0 fully saturated rings. The van der Waals surface area contributed by atoms with E-state index >= 15 is 0 Å². The van der Waals surface area contributed by atoms with E-state index in [1.54, 1.807) is 4.68 Å². The average Bonchev–Trinajstić information content (AvgIpc) is 2.72. The first-order valence-corrected chi connectivity index (χ1v) is 7.49. The molecule has 0 aliphatic rings. The number of nitrogens with zero attached hydrogens (tertiary/aromatic N) is 2. The third-order valence-electron chi connectivity index (χ3n) is 4.17. The van der Waals surface area contributed by atoms with Crippen molar-refractivity contribution in [3.05, 3.63) is 17.5 Å². The van der Waals surface area contributed by atoms with Gasteiger partial charge in [-0.2, -0.15) is 5.10 Å². The molecule has 0 aliphatic carbocycles. The van der Waals surface area contributed by atoms with Crippen LogP contribution in [0.15, 0.2) is 6.20 Å². The molecule has 0 radical (unpaired) electrons. The Hall–Kier alpha value is -1.12. The van der Waals surface area contributed by atoms with Crippen molar-refractivity contribution in [2.75, 3.05) is 0 Å². The maximum absolute atomic E-state index is 12.7. The fraction of sp³-hybridized carbons (Fsp3) is 0.750. The summed E-state index contributed by atoms with van der Waals surface area (Å²) in [4.78, 5) is 12.7. The second-order valence-corrected chi connectivity index (χ2v) is 5.86. The van der Waals surface area contributed by atoms with Gasteiger partial charge in [0.25, 0.3) is 0 Å². The highest BCUT2D eigenvalue weighted by atomic mass is 16.1. The van der Waals surface area contributed by atoms with E-state index in [9.17, 15) is 4.79 Å². The molecule has 1 heterocycles. The first-order valence-electron chi connectivity index (χ1n) is 7.49. The summed E-state index contributed by atoms with van der Waals surface area (Å²) in [5.74, 6) is 0.261. The van der Waals surface area contributed by atoms with Crippen LogP contribution in [0.25, 0.3) is 0 Å². The number of Topliss-reactive ketones (excluding diaryl/α,β-unsaturated/α-hetero) is 1. The average molecular weight is 264 g/mol. The summed E-state index contributed by atoms with van der Waals surface area (Å²) < 4.78 is 1.73. The third-order valence-corrected chi connectivity index (χ3v) is 4.17. The van der Waals surface area contributed by atoms with E-state index in [2.05, 4.69) is 25.9 Å². The SMILES string of the molecule is CCCCCCC(C)(CC)C(=O)c1cn(C)nc1C. The quantitative estimate of drug-likeness (QED) is 0.518. The van der Waals surface area contributed by atoms with Gasteiger partial charge in [-0.05, 0) is 19.8 Å². The zero-order chi connectivity index (χ0) is 14.5. The summed E-state index contributed by atoms with van der Waals surface area (Å²) in [6, 6.07) is 0. The Morgan fingerprint density at radius 3 is 2.47 bits per heavy atom. The highest BCUT2D eigenvalue weighted by molar-refractivity contribution is 6.00. The van der Waals surface area contributed by atoms with E-state index in [-0.39, 0.29) is 11.2 Å². The van der Waals surface area contributed by atoms with Gasteiger partial charge in [0.05, 0.1) is 11.3 Å².